The Balaban J connectivity index is 1.66. The van der Waals surface area contributed by atoms with E-state index in [9.17, 15) is 4.79 Å². The van der Waals surface area contributed by atoms with E-state index in [1.165, 1.54) is 5.56 Å². The van der Waals surface area contributed by atoms with E-state index in [-0.39, 0.29) is 12.1 Å². The van der Waals surface area contributed by atoms with E-state index in [4.69, 9.17) is 27.3 Å². The van der Waals surface area contributed by atoms with E-state index >= 15 is 0 Å². The maximum Gasteiger partial charge on any atom is 0.314 e. The van der Waals surface area contributed by atoms with Crippen LogP contribution in [0.2, 0.25) is 5.02 Å². The molecular weight excluding hydrogens is 362 g/mol. The smallest absolute Gasteiger partial charge is 0.314 e. The van der Waals surface area contributed by atoms with Crippen molar-refractivity contribution in [3.05, 3.63) is 40.5 Å². The number of fused-ring (bicyclic) bond motifs is 1. The molecule has 1 atom stereocenters. The normalized spacial score (nSPS) is 19.4. The molecule has 3 N–H and O–H groups in total. The molecule has 1 aliphatic carbocycles. The lowest BCUT2D eigenvalue weighted by Crippen LogP contribution is -2.47. The molecule has 0 bridgehead atoms. The van der Waals surface area contributed by atoms with Crippen LogP contribution >= 0.6 is 11.6 Å². The number of primary amides is 1. The second-order valence-electron chi connectivity index (χ2n) is 7.31. The minimum atomic E-state index is -0.356. The van der Waals surface area contributed by atoms with Crippen molar-refractivity contribution in [1.82, 2.24) is 14.9 Å². The molecule has 6 nitrogen and oxygen atoms in total. The Kier molecular flexibility index (Phi) is 5.16. The van der Waals surface area contributed by atoms with Gasteiger partial charge in [0.15, 0.2) is 5.82 Å². The molecule has 4 rings (SSSR count). The van der Waals surface area contributed by atoms with Gasteiger partial charge >= 0.3 is 6.03 Å². The number of benzene rings is 1. The number of rotatable bonds is 3. The summed E-state index contributed by atoms with van der Waals surface area (Å²) in [5.74, 6) is 1.59. The third-order valence-electron chi connectivity index (χ3n) is 5.34. The van der Waals surface area contributed by atoms with Crippen LogP contribution < -0.4 is 11.1 Å². The molecule has 0 unspecified atom stereocenters. The number of hydrogen-bond donors (Lipinski definition) is 2. The first-order chi connectivity index (χ1) is 13.1. The predicted molar refractivity (Wildman–Crippen MR) is 107 cm³/mol. The van der Waals surface area contributed by atoms with Crippen molar-refractivity contribution in [3.63, 3.8) is 0 Å². The zero-order chi connectivity index (χ0) is 18.8. The molecule has 2 heterocycles. The van der Waals surface area contributed by atoms with Gasteiger partial charge in [-0.25, -0.2) is 14.8 Å². The third-order valence-corrected chi connectivity index (χ3v) is 5.57. The summed E-state index contributed by atoms with van der Waals surface area (Å²) in [6.07, 6.45) is 6.19. The summed E-state index contributed by atoms with van der Waals surface area (Å²) in [7, 11) is 0. The van der Waals surface area contributed by atoms with Crippen molar-refractivity contribution in [2.24, 2.45) is 5.73 Å². The highest BCUT2D eigenvalue weighted by atomic mass is 35.5. The number of amides is 2. The fraction of sp³-hybridized carbons (Fsp3) is 0.450. The fourth-order valence-corrected chi connectivity index (χ4v) is 4.15. The number of anilines is 1. The van der Waals surface area contributed by atoms with Crippen molar-refractivity contribution in [2.45, 2.75) is 44.6 Å². The van der Waals surface area contributed by atoms with Crippen LogP contribution in [-0.4, -0.2) is 40.0 Å². The van der Waals surface area contributed by atoms with Crippen molar-refractivity contribution in [1.29, 1.82) is 0 Å². The lowest BCUT2D eigenvalue weighted by molar-refractivity contribution is 0.192. The molecule has 2 aromatic rings. The molecule has 1 aliphatic heterocycles. The molecule has 2 aliphatic rings. The Morgan fingerprint density at radius 3 is 2.89 bits per heavy atom. The second kappa shape index (κ2) is 7.72. The number of carbonyl (C=O) groups is 1. The van der Waals surface area contributed by atoms with E-state index < -0.39 is 0 Å². The van der Waals surface area contributed by atoms with Crippen molar-refractivity contribution in [2.75, 3.05) is 18.4 Å². The number of piperidine rings is 1. The predicted octanol–water partition coefficient (Wildman–Crippen LogP) is 3.63. The van der Waals surface area contributed by atoms with Crippen LogP contribution in [0.15, 0.2) is 24.3 Å². The molecule has 1 fully saturated rings. The molecule has 0 saturated carbocycles. The van der Waals surface area contributed by atoms with E-state index in [0.29, 0.717) is 17.4 Å². The van der Waals surface area contributed by atoms with Crippen LogP contribution in [0.1, 0.15) is 36.9 Å². The monoisotopic (exact) mass is 385 g/mol. The second-order valence-corrected chi connectivity index (χ2v) is 7.74. The summed E-state index contributed by atoms with van der Waals surface area (Å²) in [6, 6.07) is 7.44. The van der Waals surface area contributed by atoms with Crippen LogP contribution in [0.3, 0.4) is 0 Å². The standard InChI is InChI=1S/C20H24ClN5O/c21-14-6-3-5-13(11-14)18-24-17-9-2-1-8-16(17)19(25-18)23-15-7-4-10-26(12-15)20(22)27/h3,5-6,11,15H,1-2,4,7-10,12H2,(H2,22,27)(H,23,24,25)/t15-/m0/s1. The largest absolute Gasteiger partial charge is 0.365 e. The molecule has 2 amide bonds. The molecule has 1 aromatic carbocycles. The molecule has 0 radical (unpaired) electrons. The maximum absolute atomic E-state index is 11.5. The molecule has 27 heavy (non-hydrogen) atoms. The van der Waals surface area contributed by atoms with Gasteiger partial charge in [0.25, 0.3) is 0 Å². The Labute approximate surface area is 164 Å². The highest BCUT2D eigenvalue weighted by Gasteiger charge is 2.25. The quantitative estimate of drug-likeness (QED) is 0.844. The number of nitrogens with one attached hydrogen (secondary N) is 1. The summed E-state index contributed by atoms with van der Waals surface area (Å²) in [5.41, 5.74) is 8.72. The molecule has 0 spiro atoms. The minimum absolute atomic E-state index is 0.152. The third kappa shape index (κ3) is 4.00. The van der Waals surface area contributed by atoms with Crippen molar-refractivity contribution >= 4 is 23.4 Å². The number of halogens is 1. The van der Waals surface area contributed by atoms with Crippen LogP contribution in [0.25, 0.3) is 11.4 Å². The Hall–Kier alpha value is -2.34. The average Bonchev–Trinajstić information content (AvgIpc) is 2.68. The van der Waals surface area contributed by atoms with Crippen molar-refractivity contribution < 1.29 is 4.79 Å². The number of likely N-dealkylation sites (tertiary alicyclic amines) is 1. The first-order valence-corrected chi connectivity index (χ1v) is 9.94. The zero-order valence-corrected chi connectivity index (χ0v) is 16.0. The number of aromatic nitrogens is 2. The van der Waals surface area contributed by atoms with Crippen LogP contribution in [-0.2, 0) is 12.8 Å². The van der Waals surface area contributed by atoms with Gasteiger partial charge in [0.05, 0.1) is 0 Å². The maximum atomic E-state index is 11.5. The Morgan fingerprint density at radius 2 is 2.07 bits per heavy atom. The zero-order valence-electron chi connectivity index (χ0n) is 15.2. The highest BCUT2D eigenvalue weighted by molar-refractivity contribution is 6.30. The number of urea groups is 1. The van der Waals surface area contributed by atoms with Gasteiger partial charge in [0.1, 0.15) is 5.82 Å². The summed E-state index contributed by atoms with van der Waals surface area (Å²) in [4.78, 5) is 22.9. The van der Waals surface area contributed by atoms with Crippen LogP contribution in [0.5, 0.6) is 0 Å². The van der Waals surface area contributed by atoms with Gasteiger partial charge in [0, 0.05) is 41.0 Å². The van der Waals surface area contributed by atoms with Crippen LogP contribution in [0.4, 0.5) is 10.6 Å². The number of aryl methyl sites for hydroxylation is 1. The fourth-order valence-electron chi connectivity index (χ4n) is 3.96. The first-order valence-electron chi connectivity index (χ1n) is 9.57. The van der Waals surface area contributed by atoms with Gasteiger partial charge in [-0.1, -0.05) is 23.7 Å². The molecule has 142 valence electrons. The molecular formula is C20H24ClN5O. The Morgan fingerprint density at radius 1 is 1.22 bits per heavy atom. The SMILES string of the molecule is NC(=O)N1CCC[C@H](Nc2nc(-c3cccc(Cl)c3)nc3c2CCCC3)C1. The van der Waals surface area contributed by atoms with Gasteiger partial charge in [-0.3, -0.25) is 0 Å². The topological polar surface area (TPSA) is 84.1 Å². The molecule has 1 aromatic heterocycles. The van der Waals surface area contributed by atoms with E-state index in [0.717, 1.165) is 62.1 Å². The van der Waals surface area contributed by atoms with Crippen molar-refractivity contribution in [3.8, 4) is 11.4 Å². The summed E-state index contributed by atoms with van der Waals surface area (Å²) < 4.78 is 0. The summed E-state index contributed by atoms with van der Waals surface area (Å²) in [5, 5.41) is 4.26. The number of nitrogens with two attached hydrogens (primary N) is 1. The van der Waals surface area contributed by atoms with E-state index in [1.807, 2.05) is 24.3 Å². The average molecular weight is 386 g/mol. The minimum Gasteiger partial charge on any atom is -0.365 e. The summed E-state index contributed by atoms with van der Waals surface area (Å²) >= 11 is 6.16. The Bertz CT molecular complexity index is 856. The van der Waals surface area contributed by atoms with Gasteiger partial charge < -0.3 is 16.0 Å². The molecule has 7 heteroatoms. The van der Waals surface area contributed by atoms with Gasteiger partial charge in [-0.15, -0.1) is 0 Å². The lowest BCUT2D eigenvalue weighted by Gasteiger charge is -2.33. The number of carbonyl (C=O) groups excluding carboxylic acids is 1. The van der Waals surface area contributed by atoms with Gasteiger partial charge in [-0.05, 0) is 50.7 Å². The van der Waals surface area contributed by atoms with Crippen LogP contribution in [0, 0.1) is 0 Å². The van der Waals surface area contributed by atoms with Gasteiger partial charge in [0.2, 0.25) is 0 Å². The number of hydrogen-bond acceptors (Lipinski definition) is 4. The highest BCUT2D eigenvalue weighted by Crippen LogP contribution is 2.30. The molecule has 1 saturated heterocycles. The summed E-state index contributed by atoms with van der Waals surface area (Å²) in [6.45, 7) is 1.34. The number of nitrogens with zero attached hydrogens (tertiary/aromatic N) is 3. The lowest BCUT2D eigenvalue weighted by atomic mass is 9.95. The van der Waals surface area contributed by atoms with Gasteiger partial charge in [-0.2, -0.15) is 0 Å². The van der Waals surface area contributed by atoms with E-state index in [1.54, 1.807) is 4.90 Å². The van der Waals surface area contributed by atoms with E-state index in [2.05, 4.69) is 5.32 Å². The first kappa shape index (κ1) is 18.0.